The van der Waals surface area contributed by atoms with Crippen LogP contribution < -0.4 is 5.63 Å². The summed E-state index contributed by atoms with van der Waals surface area (Å²) in [5, 5.41) is 1.71. The molecule has 0 radical (unpaired) electrons. The Kier molecular flexibility index (Phi) is 4.51. The number of benzene rings is 2. The highest BCUT2D eigenvalue weighted by molar-refractivity contribution is 6.30. The summed E-state index contributed by atoms with van der Waals surface area (Å²) in [6.07, 6.45) is 0. The van der Waals surface area contributed by atoms with E-state index in [1.54, 1.807) is 6.07 Å². The Morgan fingerprint density at radius 2 is 1.91 bits per heavy atom. The zero-order chi connectivity index (χ0) is 16.4. The fourth-order valence-electron chi connectivity index (χ4n) is 2.76. The van der Waals surface area contributed by atoms with Crippen molar-refractivity contribution < 1.29 is 4.42 Å². The van der Waals surface area contributed by atoms with Gasteiger partial charge in [0.2, 0.25) is 0 Å². The lowest BCUT2D eigenvalue weighted by molar-refractivity contribution is 0.319. The van der Waals surface area contributed by atoms with Crippen molar-refractivity contribution in [2.24, 2.45) is 0 Å². The maximum Gasteiger partial charge on any atom is 0.336 e. The monoisotopic (exact) mass is 327 g/mol. The molecular weight excluding hydrogens is 310 g/mol. The third kappa shape index (κ3) is 3.81. The highest BCUT2D eigenvalue weighted by atomic mass is 35.5. The zero-order valence-electron chi connectivity index (χ0n) is 13.2. The van der Waals surface area contributed by atoms with Crippen LogP contribution in [0, 0.1) is 6.92 Å². The normalized spacial score (nSPS) is 11.3. The predicted octanol–water partition coefficient (Wildman–Crippen LogP) is 4.39. The molecule has 0 unspecified atom stereocenters. The van der Waals surface area contributed by atoms with Gasteiger partial charge in [-0.2, -0.15) is 0 Å². The van der Waals surface area contributed by atoms with E-state index in [9.17, 15) is 4.79 Å². The molecule has 3 rings (SSSR count). The van der Waals surface area contributed by atoms with Gasteiger partial charge in [-0.05, 0) is 48.9 Å². The van der Waals surface area contributed by atoms with Crippen LogP contribution in [0.25, 0.3) is 11.0 Å². The van der Waals surface area contributed by atoms with Crippen LogP contribution in [-0.2, 0) is 13.1 Å². The lowest BCUT2D eigenvalue weighted by atomic mass is 10.1. The molecule has 0 saturated carbocycles. The van der Waals surface area contributed by atoms with E-state index in [4.69, 9.17) is 16.0 Å². The first kappa shape index (κ1) is 15.8. The highest BCUT2D eigenvalue weighted by Crippen LogP contribution is 2.20. The van der Waals surface area contributed by atoms with Crippen molar-refractivity contribution in [1.29, 1.82) is 0 Å². The molecule has 2 aromatic carbocycles. The van der Waals surface area contributed by atoms with E-state index < -0.39 is 0 Å². The van der Waals surface area contributed by atoms with Crippen LogP contribution in [0.15, 0.2) is 57.7 Å². The average Bonchev–Trinajstić information content (AvgIpc) is 2.46. The summed E-state index contributed by atoms with van der Waals surface area (Å²) < 4.78 is 5.31. The smallest absolute Gasteiger partial charge is 0.336 e. The number of halogens is 1. The molecular formula is C19H18ClNO2. The predicted molar refractivity (Wildman–Crippen MR) is 93.8 cm³/mol. The topological polar surface area (TPSA) is 33.5 Å². The van der Waals surface area contributed by atoms with Crippen molar-refractivity contribution in [3.63, 3.8) is 0 Å². The lowest BCUT2D eigenvalue weighted by Crippen LogP contribution is -2.18. The number of rotatable bonds is 4. The highest BCUT2D eigenvalue weighted by Gasteiger charge is 2.09. The van der Waals surface area contributed by atoms with E-state index in [0.717, 1.165) is 33.6 Å². The number of fused-ring (bicyclic) bond motifs is 1. The summed E-state index contributed by atoms with van der Waals surface area (Å²) in [4.78, 5) is 13.9. The molecule has 118 valence electrons. The molecule has 0 aliphatic rings. The number of hydrogen-bond acceptors (Lipinski definition) is 3. The molecule has 0 aliphatic carbocycles. The molecule has 23 heavy (non-hydrogen) atoms. The van der Waals surface area contributed by atoms with Crippen LogP contribution in [0.1, 0.15) is 16.7 Å². The summed E-state index contributed by atoms with van der Waals surface area (Å²) in [5.74, 6) is 0. The van der Waals surface area contributed by atoms with Crippen LogP contribution in [0.2, 0.25) is 5.02 Å². The van der Waals surface area contributed by atoms with Gasteiger partial charge in [0.15, 0.2) is 0 Å². The lowest BCUT2D eigenvalue weighted by Gasteiger charge is -2.18. The molecule has 1 heterocycles. The largest absolute Gasteiger partial charge is 0.423 e. The minimum absolute atomic E-state index is 0.311. The van der Waals surface area contributed by atoms with Crippen LogP contribution in [-0.4, -0.2) is 11.9 Å². The Morgan fingerprint density at radius 3 is 2.70 bits per heavy atom. The molecule has 0 aliphatic heterocycles. The molecule has 0 fully saturated rings. The molecule has 3 nitrogen and oxygen atoms in total. The number of hydrogen-bond donors (Lipinski definition) is 0. The second-order valence-electron chi connectivity index (χ2n) is 5.89. The van der Waals surface area contributed by atoms with Crippen molar-refractivity contribution >= 4 is 22.6 Å². The second-order valence-corrected chi connectivity index (χ2v) is 6.33. The molecule has 0 spiro atoms. The van der Waals surface area contributed by atoms with Crippen LogP contribution >= 0.6 is 11.6 Å². The van der Waals surface area contributed by atoms with Gasteiger partial charge in [0.05, 0.1) is 0 Å². The minimum Gasteiger partial charge on any atom is -0.423 e. The molecule has 0 atom stereocenters. The van der Waals surface area contributed by atoms with Crippen molar-refractivity contribution in [3.8, 4) is 0 Å². The summed E-state index contributed by atoms with van der Waals surface area (Å²) in [7, 11) is 2.02. The van der Waals surface area contributed by atoms with Crippen molar-refractivity contribution in [1.82, 2.24) is 4.90 Å². The third-order valence-electron chi connectivity index (χ3n) is 3.77. The number of aryl methyl sites for hydroxylation is 1. The fraction of sp³-hybridized carbons (Fsp3) is 0.211. The van der Waals surface area contributed by atoms with E-state index in [-0.39, 0.29) is 5.63 Å². The minimum atomic E-state index is -0.311. The Morgan fingerprint density at radius 1 is 1.09 bits per heavy atom. The molecule has 0 saturated heterocycles. The molecule has 0 bridgehead atoms. The van der Waals surface area contributed by atoms with Gasteiger partial charge in [0, 0.05) is 29.6 Å². The molecule has 3 aromatic rings. The van der Waals surface area contributed by atoms with Gasteiger partial charge >= 0.3 is 5.63 Å². The Balaban J connectivity index is 1.87. The van der Waals surface area contributed by atoms with Gasteiger partial charge in [-0.1, -0.05) is 35.9 Å². The summed E-state index contributed by atoms with van der Waals surface area (Å²) in [5.41, 5.74) is 3.52. The third-order valence-corrected chi connectivity index (χ3v) is 4.00. The second kappa shape index (κ2) is 6.57. The Bertz CT molecular complexity index is 901. The van der Waals surface area contributed by atoms with Crippen LogP contribution in [0.4, 0.5) is 0 Å². The standard InChI is InChI=1S/C19H18ClNO2/c1-13-6-7-17-15(10-19(22)23-18(17)8-13)12-21(2)11-14-4-3-5-16(20)9-14/h3-10H,11-12H2,1-2H3. The van der Waals surface area contributed by atoms with Gasteiger partial charge in [-0.25, -0.2) is 4.79 Å². The summed E-state index contributed by atoms with van der Waals surface area (Å²) in [6, 6.07) is 15.3. The van der Waals surface area contributed by atoms with Crippen LogP contribution in [0.5, 0.6) is 0 Å². The Hall–Kier alpha value is -2.10. The molecule has 0 N–H and O–H groups in total. The van der Waals surface area contributed by atoms with E-state index in [1.165, 1.54) is 0 Å². The fourth-order valence-corrected chi connectivity index (χ4v) is 2.97. The maximum atomic E-state index is 11.8. The molecule has 1 aromatic heterocycles. The van der Waals surface area contributed by atoms with E-state index in [2.05, 4.69) is 4.90 Å². The first-order valence-electron chi connectivity index (χ1n) is 7.47. The molecule has 0 amide bonds. The van der Waals surface area contributed by atoms with Gasteiger partial charge in [0.25, 0.3) is 0 Å². The Labute approximate surface area is 140 Å². The van der Waals surface area contributed by atoms with E-state index >= 15 is 0 Å². The SMILES string of the molecule is Cc1ccc2c(CN(C)Cc3cccc(Cl)c3)cc(=O)oc2c1. The quantitative estimate of drug-likeness (QED) is 0.666. The van der Waals surface area contributed by atoms with Gasteiger partial charge < -0.3 is 4.42 Å². The zero-order valence-corrected chi connectivity index (χ0v) is 13.9. The molecule has 4 heteroatoms. The van der Waals surface area contributed by atoms with Crippen molar-refractivity contribution in [2.45, 2.75) is 20.0 Å². The van der Waals surface area contributed by atoms with E-state index in [1.807, 2.05) is 56.4 Å². The van der Waals surface area contributed by atoms with Crippen molar-refractivity contribution in [2.75, 3.05) is 7.05 Å². The first-order chi connectivity index (χ1) is 11.0. The van der Waals surface area contributed by atoms with Gasteiger partial charge in [-0.3, -0.25) is 4.90 Å². The van der Waals surface area contributed by atoms with Crippen LogP contribution in [0.3, 0.4) is 0 Å². The summed E-state index contributed by atoms with van der Waals surface area (Å²) >= 11 is 6.03. The summed E-state index contributed by atoms with van der Waals surface area (Å²) in [6.45, 7) is 3.41. The number of nitrogens with zero attached hydrogens (tertiary/aromatic N) is 1. The maximum absolute atomic E-state index is 11.8. The van der Waals surface area contributed by atoms with Gasteiger partial charge in [-0.15, -0.1) is 0 Å². The van der Waals surface area contributed by atoms with Gasteiger partial charge in [0.1, 0.15) is 5.58 Å². The van der Waals surface area contributed by atoms with E-state index in [0.29, 0.717) is 12.1 Å². The first-order valence-corrected chi connectivity index (χ1v) is 7.85. The average molecular weight is 328 g/mol. The van der Waals surface area contributed by atoms with Crippen molar-refractivity contribution in [3.05, 3.63) is 80.7 Å².